The molecule has 0 radical (unpaired) electrons. The normalized spacial score (nSPS) is 31.0. The zero-order valence-electron chi connectivity index (χ0n) is 60.7. The van der Waals surface area contributed by atoms with E-state index in [0.29, 0.717) is 71.7 Å². The number of rotatable bonds is 12. The van der Waals surface area contributed by atoms with Gasteiger partial charge in [-0.1, -0.05) is 79.3 Å². The molecule has 6 aliphatic carbocycles. The first-order chi connectivity index (χ1) is 47.0. The first-order valence-corrected chi connectivity index (χ1v) is 38.8. The molecule has 0 aromatic carbocycles. The highest BCUT2D eigenvalue weighted by molar-refractivity contribution is 5.85. The smallest absolute Gasteiger partial charge is 0.240 e. The fourth-order valence-corrected chi connectivity index (χ4v) is 16.2. The van der Waals surface area contributed by atoms with E-state index in [0.717, 1.165) is 219 Å². The first-order valence-electron chi connectivity index (χ1n) is 38.8. The molecule has 0 aromatic heterocycles. The number of carbonyl (C=O) groups is 6. The van der Waals surface area contributed by atoms with Crippen molar-refractivity contribution in [1.29, 1.82) is 0 Å². The minimum atomic E-state index is 0.0363. The number of hydrogen-bond donors (Lipinski definition) is 6. The fraction of sp³-hybridized carbons (Fsp3) is 0.769. The van der Waals surface area contributed by atoms with Gasteiger partial charge >= 0.3 is 0 Å². The van der Waals surface area contributed by atoms with Gasteiger partial charge in [0.05, 0.1) is 60.4 Å². The van der Waals surface area contributed by atoms with E-state index < -0.39 is 0 Å². The second kappa shape index (κ2) is 44.2. The number of nitrogens with one attached hydrogen (secondary N) is 6. The summed E-state index contributed by atoms with van der Waals surface area (Å²) in [5.74, 6) is 1.85. The Morgan fingerprint density at radius 3 is 0.896 bits per heavy atom. The third-order valence-corrected chi connectivity index (χ3v) is 22.3. The van der Waals surface area contributed by atoms with Crippen LogP contribution in [0.5, 0.6) is 0 Å². The Bertz CT molecular complexity index is 2510. The van der Waals surface area contributed by atoms with E-state index in [9.17, 15) is 28.8 Å². The fourth-order valence-electron chi connectivity index (χ4n) is 16.2. The summed E-state index contributed by atoms with van der Waals surface area (Å²) in [5.41, 5.74) is 0. The van der Waals surface area contributed by atoms with Crippen molar-refractivity contribution in [3.05, 3.63) is 72.9 Å². The van der Waals surface area contributed by atoms with Gasteiger partial charge < -0.3 is 61.3 Å². The molecule has 0 saturated carbocycles. The summed E-state index contributed by atoms with van der Waals surface area (Å²) >= 11 is 0. The minimum absolute atomic E-state index is 0.0363. The van der Waals surface area contributed by atoms with Crippen LogP contribution in [0, 0.1) is 0 Å². The number of hydrogen-bond acceptors (Lipinski definition) is 12. The summed E-state index contributed by atoms with van der Waals surface area (Å²) in [4.78, 5) is 86.4. The zero-order chi connectivity index (χ0) is 68.3. The van der Waals surface area contributed by atoms with Crippen LogP contribution >= 0.6 is 0 Å². The van der Waals surface area contributed by atoms with Crippen LogP contribution in [-0.4, -0.2) is 219 Å². The summed E-state index contributed by atoms with van der Waals surface area (Å²) in [6, 6.07) is 2.62. The predicted octanol–water partition coefficient (Wildman–Crippen LogP) is 10.2. The van der Waals surface area contributed by atoms with Gasteiger partial charge in [0.1, 0.15) is 0 Å². The number of amides is 6. The van der Waals surface area contributed by atoms with Crippen LogP contribution in [0.3, 0.4) is 0 Å². The van der Waals surface area contributed by atoms with Crippen molar-refractivity contribution in [2.24, 2.45) is 0 Å². The number of allylic oxidation sites excluding steroid dienone is 6. The lowest BCUT2D eigenvalue weighted by atomic mass is 10.0. The minimum Gasteiger partial charge on any atom is -0.338 e. The molecule has 12 rings (SSSR count). The number of nitrogens with zero attached hydrogens (tertiary/aromatic N) is 6. The number of likely N-dealkylation sites (tertiary alicyclic amines) is 6. The van der Waals surface area contributed by atoms with Crippen LogP contribution in [0.4, 0.5) is 0 Å². The van der Waals surface area contributed by atoms with Gasteiger partial charge in [0.15, 0.2) is 0 Å². The Morgan fingerprint density at radius 1 is 0.240 bits per heavy atom. The standard InChI is InChI=1S/3C14H24N2O.C13H22N2O.C12H20N2O.C11H18N2O/c3*1-15-13-10-6-7-11-16(14(13)17)12-8-4-2-3-5-9-12;1-14-12-9-5-6-10-15(13(12)16)11-7-3-2-4-8-11;1-13-11-8-4-5-9-14(12(11)15)10-6-2-3-7-10;1-12-10-7-2-3-8-13(11(10)14)9-5-4-6-9/h4,8,12-13,15H,2-3,5-7,9-11H2,1H3;2,4,12-13,15H,3,5-11H2,1H3;2-3,12-13,15H,4-11H2,1H3;3,7,11-12,14H,2,4-6,8-10H2,1H3;2,6,10-11,13H,3-5,7-9H2,1H3;4-5,9-10,12H,2-3,6-8H2,1H3. The molecule has 6 aliphatic heterocycles. The molecule has 0 bridgehead atoms. The Kier molecular flexibility index (Phi) is 36.1. The summed E-state index contributed by atoms with van der Waals surface area (Å²) < 4.78 is 0. The molecule has 0 spiro atoms. The van der Waals surface area contributed by atoms with Crippen molar-refractivity contribution in [2.45, 2.75) is 304 Å². The van der Waals surface area contributed by atoms with Gasteiger partial charge in [0.2, 0.25) is 35.4 Å². The van der Waals surface area contributed by atoms with Crippen molar-refractivity contribution >= 4 is 35.4 Å². The molecule has 6 heterocycles. The molecule has 6 saturated heterocycles. The molecule has 12 aliphatic rings. The highest BCUT2D eigenvalue weighted by Crippen LogP contribution is 2.28. The molecular weight excluding hydrogens is 1200 g/mol. The maximum Gasteiger partial charge on any atom is 0.240 e. The third kappa shape index (κ3) is 24.1. The molecule has 0 aromatic rings. The van der Waals surface area contributed by atoms with Gasteiger partial charge in [0.25, 0.3) is 0 Å². The number of likely N-dealkylation sites (N-methyl/N-ethyl adjacent to an activating group) is 6. The van der Waals surface area contributed by atoms with Crippen molar-refractivity contribution in [1.82, 2.24) is 61.3 Å². The van der Waals surface area contributed by atoms with E-state index in [1.54, 1.807) is 0 Å². The molecule has 18 nitrogen and oxygen atoms in total. The van der Waals surface area contributed by atoms with Crippen LogP contribution in [-0.2, 0) is 28.8 Å². The predicted molar refractivity (Wildman–Crippen MR) is 391 cm³/mol. The molecule has 96 heavy (non-hydrogen) atoms. The van der Waals surface area contributed by atoms with E-state index in [1.807, 2.05) is 47.2 Å². The average Bonchev–Trinajstić information content (AvgIpc) is 1.35. The highest BCUT2D eigenvalue weighted by Gasteiger charge is 2.36. The summed E-state index contributed by atoms with van der Waals surface area (Å²) in [7, 11) is 11.4. The number of carbonyl (C=O) groups excluding carboxylic acids is 6. The quantitative estimate of drug-likeness (QED) is 0.101. The highest BCUT2D eigenvalue weighted by atomic mass is 16.2. The van der Waals surface area contributed by atoms with Crippen molar-refractivity contribution in [3.8, 4) is 0 Å². The summed E-state index contributed by atoms with van der Waals surface area (Å²) in [6.45, 7) is 5.66. The van der Waals surface area contributed by atoms with Crippen LogP contribution in [0.1, 0.15) is 231 Å². The van der Waals surface area contributed by atoms with Crippen molar-refractivity contribution < 1.29 is 28.8 Å². The van der Waals surface area contributed by atoms with Gasteiger partial charge in [-0.25, -0.2) is 0 Å². The Hall–Kier alpha value is -4.98. The van der Waals surface area contributed by atoms with E-state index in [-0.39, 0.29) is 36.3 Å². The lowest BCUT2D eigenvalue weighted by Crippen LogP contribution is -2.49. The lowest BCUT2D eigenvalue weighted by Gasteiger charge is -2.33. The molecular formula is C78H132N12O6. The van der Waals surface area contributed by atoms with E-state index >= 15 is 0 Å². The van der Waals surface area contributed by atoms with Gasteiger partial charge in [-0.2, -0.15) is 0 Å². The second-order valence-electron chi connectivity index (χ2n) is 28.8. The SMILES string of the molecule is CNC1CCCCN(C2C=CC2)C1=O.CNC1CCCCN(C2C=CCC2)C1=O.CNC1CCCCN(C2C=CCCC2)C1=O.CNC1CCCCN(C2C=CCCCC2)C1=O.CNC1CCCCN(C2CC=CCCC2)C1=O.CNC1CCCCN(C2CCC=CCC2)C1=O. The molecule has 540 valence electrons. The molecule has 6 N–H and O–H groups in total. The molecule has 11 unspecified atom stereocenters. The largest absolute Gasteiger partial charge is 0.338 e. The van der Waals surface area contributed by atoms with Crippen molar-refractivity contribution in [2.75, 3.05) is 81.6 Å². The molecule has 6 fully saturated rings. The van der Waals surface area contributed by atoms with E-state index in [4.69, 9.17) is 0 Å². The topological polar surface area (TPSA) is 194 Å². The zero-order valence-corrected chi connectivity index (χ0v) is 60.7. The van der Waals surface area contributed by atoms with Crippen molar-refractivity contribution in [3.63, 3.8) is 0 Å². The van der Waals surface area contributed by atoms with Gasteiger partial charge in [-0.3, -0.25) is 28.8 Å². The molecule has 11 atom stereocenters. The van der Waals surface area contributed by atoms with Gasteiger partial charge in [-0.05, 0) is 267 Å². The summed E-state index contributed by atoms with van der Waals surface area (Å²) in [5, 5.41) is 18.9. The Balaban J connectivity index is 0.000000163. The lowest BCUT2D eigenvalue weighted by molar-refractivity contribution is -0.136. The Morgan fingerprint density at radius 2 is 0.531 bits per heavy atom. The van der Waals surface area contributed by atoms with E-state index in [1.165, 1.54) is 51.4 Å². The maximum absolute atomic E-state index is 12.4. The second-order valence-corrected chi connectivity index (χ2v) is 28.8. The van der Waals surface area contributed by atoms with Crippen LogP contribution in [0.25, 0.3) is 0 Å². The van der Waals surface area contributed by atoms with Crippen LogP contribution in [0.15, 0.2) is 72.9 Å². The molecule has 6 amide bonds. The van der Waals surface area contributed by atoms with Crippen LogP contribution in [0.2, 0.25) is 0 Å². The monoisotopic (exact) mass is 1330 g/mol. The Labute approximate surface area is 580 Å². The van der Waals surface area contributed by atoms with Gasteiger partial charge in [-0.15, -0.1) is 0 Å². The average molecular weight is 1330 g/mol. The molecule has 18 heteroatoms. The maximum atomic E-state index is 12.4. The van der Waals surface area contributed by atoms with Gasteiger partial charge in [0, 0.05) is 51.4 Å². The van der Waals surface area contributed by atoms with E-state index in [2.05, 4.69) is 129 Å². The van der Waals surface area contributed by atoms with Crippen LogP contribution < -0.4 is 31.9 Å². The summed E-state index contributed by atoms with van der Waals surface area (Å²) in [6.07, 6.45) is 67.2. The first kappa shape index (κ1) is 78.4. The third-order valence-electron chi connectivity index (χ3n) is 22.3.